The van der Waals surface area contributed by atoms with Gasteiger partial charge in [0.2, 0.25) is 0 Å². The van der Waals surface area contributed by atoms with E-state index in [1.807, 2.05) is 0 Å². The summed E-state index contributed by atoms with van der Waals surface area (Å²) in [5, 5.41) is 0. The van der Waals surface area contributed by atoms with E-state index in [0.717, 1.165) is 17.3 Å². The van der Waals surface area contributed by atoms with Gasteiger partial charge in [0, 0.05) is 22.4 Å². The van der Waals surface area contributed by atoms with Crippen molar-refractivity contribution in [2.24, 2.45) is 11.8 Å². The minimum absolute atomic E-state index is 0.0604. The van der Waals surface area contributed by atoms with E-state index >= 15 is 0 Å². The molecule has 3 aliphatic carbocycles. The first-order chi connectivity index (χ1) is 30.7. The number of anilines is 3. The summed E-state index contributed by atoms with van der Waals surface area (Å²) >= 11 is 0. The first kappa shape index (κ1) is 36.6. The molecule has 0 amide bonds. The molecule has 0 aromatic heterocycles. The van der Waals surface area contributed by atoms with E-state index in [9.17, 15) is 0 Å². The number of benzene rings is 9. The molecule has 12 rings (SSSR count). The zero-order chi connectivity index (χ0) is 41.0. The van der Waals surface area contributed by atoms with Gasteiger partial charge in [-0.2, -0.15) is 0 Å². The van der Waals surface area contributed by atoms with Crippen LogP contribution in [-0.4, -0.2) is 0 Å². The molecule has 0 aliphatic heterocycles. The van der Waals surface area contributed by atoms with Gasteiger partial charge in [0.25, 0.3) is 0 Å². The highest BCUT2D eigenvalue weighted by molar-refractivity contribution is 5.98. The third-order valence-electron chi connectivity index (χ3n) is 14.3. The molecule has 1 spiro atoms. The van der Waals surface area contributed by atoms with Crippen LogP contribution in [0.5, 0.6) is 0 Å². The first-order valence-electron chi connectivity index (χ1n) is 22.4. The van der Waals surface area contributed by atoms with E-state index in [1.54, 1.807) is 5.56 Å². The summed E-state index contributed by atoms with van der Waals surface area (Å²) in [6.07, 6.45) is 5.27. The quantitative estimate of drug-likeness (QED) is 0.148. The molecule has 9 aromatic carbocycles. The number of fused-ring (bicyclic) bond motifs is 8. The Morgan fingerprint density at radius 1 is 0.339 bits per heavy atom. The fourth-order valence-corrected chi connectivity index (χ4v) is 11.7. The van der Waals surface area contributed by atoms with Crippen molar-refractivity contribution < 1.29 is 0 Å². The molecule has 3 atom stereocenters. The summed E-state index contributed by atoms with van der Waals surface area (Å²) in [7, 11) is 0. The molecule has 9 aromatic rings. The maximum Gasteiger partial charge on any atom is 0.0540 e. The average Bonchev–Trinajstić information content (AvgIpc) is 4.05. The molecule has 296 valence electrons. The molecule has 0 radical (unpaired) electrons. The Morgan fingerprint density at radius 2 is 0.839 bits per heavy atom. The molecule has 62 heavy (non-hydrogen) atoms. The lowest BCUT2D eigenvalue weighted by Gasteiger charge is -2.37. The van der Waals surface area contributed by atoms with Crippen molar-refractivity contribution in [3.63, 3.8) is 0 Å². The third-order valence-corrected chi connectivity index (χ3v) is 14.3. The molecule has 2 saturated carbocycles. The number of nitrogens with zero attached hydrogens (tertiary/aromatic N) is 1. The van der Waals surface area contributed by atoms with E-state index in [1.165, 1.54) is 104 Å². The smallest absolute Gasteiger partial charge is 0.0540 e. The van der Waals surface area contributed by atoms with Crippen LogP contribution in [-0.2, 0) is 5.41 Å². The lowest BCUT2D eigenvalue weighted by Crippen LogP contribution is -2.32. The molecule has 0 N–H and O–H groups in total. The highest BCUT2D eigenvalue weighted by Gasteiger charge is 2.56. The lowest BCUT2D eigenvalue weighted by molar-refractivity contribution is 0.327. The molecule has 1 heteroatoms. The molecule has 2 bridgehead atoms. The topological polar surface area (TPSA) is 3.24 Å². The van der Waals surface area contributed by atoms with Crippen LogP contribution in [0.3, 0.4) is 0 Å². The van der Waals surface area contributed by atoms with E-state index in [4.69, 9.17) is 0 Å². The summed E-state index contributed by atoms with van der Waals surface area (Å²) in [5.74, 6) is 1.47. The van der Waals surface area contributed by atoms with Gasteiger partial charge in [-0.25, -0.2) is 0 Å². The minimum atomic E-state index is 0.0604. The number of para-hydroxylation sites is 1. The molecular formula is C61H47N. The van der Waals surface area contributed by atoms with Crippen molar-refractivity contribution in [1.82, 2.24) is 0 Å². The van der Waals surface area contributed by atoms with E-state index in [0.29, 0.717) is 5.92 Å². The van der Waals surface area contributed by atoms with Gasteiger partial charge in [0.1, 0.15) is 0 Å². The van der Waals surface area contributed by atoms with Crippen molar-refractivity contribution in [3.05, 3.63) is 236 Å². The van der Waals surface area contributed by atoms with Gasteiger partial charge < -0.3 is 4.90 Å². The highest BCUT2D eigenvalue weighted by atomic mass is 15.1. The Hall–Kier alpha value is -7.22. The molecule has 0 heterocycles. The van der Waals surface area contributed by atoms with Crippen LogP contribution in [0.2, 0.25) is 0 Å². The largest absolute Gasteiger partial charge is 0.310 e. The SMILES string of the molecule is c1ccc(-c2cc(-c3ccccc3)cc(N(c3ccc4c(c3)C3(CC5CCC3C5)c3ccccc3-4)c3ccccc3-c3ccccc3-c3ccccc3-c3ccccc3)c2)cc1. The van der Waals surface area contributed by atoms with Gasteiger partial charge in [-0.1, -0.05) is 194 Å². The highest BCUT2D eigenvalue weighted by Crippen LogP contribution is 2.66. The summed E-state index contributed by atoms with van der Waals surface area (Å²) < 4.78 is 0. The fraction of sp³-hybridized carbons (Fsp3) is 0.115. The Morgan fingerprint density at radius 3 is 1.45 bits per heavy atom. The zero-order valence-corrected chi connectivity index (χ0v) is 34.8. The van der Waals surface area contributed by atoms with E-state index in [2.05, 4.69) is 229 Å². The van der Waals surface area contributed by atoms with Gasteiger partial charge >= 0.3 is 0 Å². The lowest BCUT2D eigenvalue weighted by atomic mass is 9.67. The van der Waals surface area contributed by atoms with Gasteiger partial charge in [0.05, 0.1) is 5.69 Å². The summed E-state index contributed by atoms with van der Waals surface area (Å²) in [6, 6.07) is 83.4. The minimum Gasteiger partial charge on any atom is -0.310 e. The van der Waals surface area contributed by atoms with E-state index < -0.39 is 0 Å². The number of rotatable bonds is 8. The van der Waals surface area contributed by atoms with Gasteiger partial charge in [-0.15, -0.1) is 0 Å². The second kappa shape index (κ2) is 15.0. The second-order valence-corrected chi connectivity index (χ2v) is 17.6. The standard InChI is InChI=1S/C61H47N/c1-4-18-43(19-5-1)46-37-47(44-20-6-2-7-21-44)39-50(38-46)62(49-34-35-56-55-28-14-16-30-58(55)61(59(56)40-49)41-42-32-33-48(61)36-42)60-31-17-15-29-57(60)54-27-13-12-26-53(54)52-25-11-10-24-51(52)45-22-8-3-9-23-45/h1-31,34-35,37-40,42,48H,32-33,36,41H2. The predicted molar refractivity (Wildman–Crippen MR) is 260 cm³/mol. The Kier molecular flexibility index (Phi) is 8.89. The third kappa shape index (κ3) is 5.98. The molecule has 3 aliphatic rings. The van der Waals surface area contributed by atoms with E-state index in [-0.39, 0.29) is 5.41 Å². The van der Waals surface area contributed by atoms with Crippen LogP contribution in [0.4, 0.5) is 17.1 Å². The Bertz CT molecular complexity index is 3040. The van der Waals surface area contributed by atoms with Crippen molar-refractivity contribution >= 4 is 17.1 Å². The second-order valence-electron chi connectivity index (χ2n) is 17.6. The monoisotopic (exact) mass is 793 g/mol. The molecule has 2 fully saturated rings. The normalized spacial score (nSPS) is 18.1. The van der Waals surface area contributed by atoms with Crippen LogP contribution in [0, 0.1) is 11.8 Å². The summed E-state index contributed by atoms with van der Waals surface area (Å²) in [6.45, 7) is 0. The Labute approximate surface area is 365 Å². The molecule has 3 unspecified atom stereocenters. The molecule has 1 nitrogen and oxygen atoms in total. The first-order valence-corrected chi connectivity index (χ1v) is 22.4. The molecular weight excluding hydrogens is 747 g/mol. The van der Waals surface area contributed by atoms with Crippen molar-refractivity contribution in [2.45, 2.75) is 31.1 Å². The fourth-order valence-electron chi connectivity index (χ4n) is 11.7. The number of hydrogen-bond donors (Lipinski definition) is 0. The summed E-state index contributed by atoms with van der Waals surface area (Å²) in [5.41, 5.74) is 21.5. The zero-order valence-electron chi connectivity index (χ0n) is 34.8. The van der Waals surface area contributed by atoms with Gasteiger partial charge in [-0.05, 0) is 140 Å². The van der Waals surface area contributed by atoms with Gasteiger partial charge in [0.15, 0.2) is 0 Å². The van der Waals surface area contributed by atoms with Gasteiger partial charge in [-0.3, -0.25) is 0 Å². The van der Waals surface area contributed by atoms with Crippen LogP contribution >= 0.6 is 0 Å². The maximum absolute atomic E-state index is 2.60. The number of hydrogen-bond acceptors (Lipinski definition) is 1. The predicted octanol–water partition coefficient (Wildman–Crippen LogP) is 16.6. The van der Waals surface area contributed by atoms with Crippen LogP contribution < -0.4 is 4.90 Å². The summed E-state index contributed by atoms with van der Waals surface area (Å²) in [4.78, 5) is 2.57. The maximum atomic E-state index is 2.60. The van der Waals surface area contributed by atoms with Crippen molar-refractivity contribution in [3.8, 4) is 66.8 Å². The van der Waals surface area contributed by atoms with Crippen molar-refractivity contribution in [1.29, 1.82) is 0 Å². The molecule has 0 saturated heterocycles. The van der Waals surface area contributed by atoms with Crippen LogP contribution in [0.25, 0.3) is 66.8 Å². The average molecular weight is 794 g/mol. The van der Waals surface area contributed by atoms with Crippen molar-refractivity contribution in [2.75, 3.05) is 4.90 Å². The van der Waals surface area contributed by atoms with Crippen LogP contribution in [0.15, 0.2) is 224 Å². The Balaban J connectivity index is 1.11. The van der Waals surface area contributed by atoms with Crippen LogP contribution in [0.1, 0.15) is 36.8 Å².